The lowest BCUT2D eigenvalue weighted by Gasteiger charge is -2.34. The van der Waals surface area contributed by atoms with Gasteiger partial charge in [-0.1, -0.05) is 24.3 Å². The standard InChI is InChI=1S/C25H27N7O2/c1-16-15-34-11-10-31(16)23-13-20(21-14-28-32(25(21)29-23)22-7-9-27-30-22)18-4-2-17(3-5-18)19-6-8-26-24(33)12-19/h2-5,7,9,13-14,16,19H,6,8,10-12,15H2,1H3,(H,26,33)(H,27,30)/t16-,19?/m1/s1. The number of morpholine rings is 1. The number of carbonyl (C=O) groups is 1. The van der Waals surface area contributed by atoms with Crippen molar-refractivity contribution in [2.75, 3.05) is 31.2 Å². The van der Waals surface area contributed by atoms with Gasteiger partial charge < -0.3 is 15.0 Å². The van der Waals surface area contributed by atoms with E-state index >= 15 is 0 Å². The van der Waals surface area contributed by atoms with Crippen molar-refractivity contribution in [2.24, 2.45) is 0 Å². The predicted octanol–water partition coefficient (Wildman–Crippen LogP) is 3.03. The summed E-state index contributed by atoms with van der Waals surface area (Å²) in [5, 5.41) is 15.7. The lowest BCUT2D eigenvalue weighted by atomic mass is 9.89. The van der Waals surface area contributed by atoms with Crippen molar-refractivity contribution < 1.29 is 9.53 Å². The third-order valence-corrected chi connectivity index (χ3v) is 6.83. The molecule has 2 atom stereocenters. The van der Waals surface area contributed by atoms with E-state index in [0.29, 0.717) is 25.5 Å². The molecule has 1 aromatic carbocycles. The van der Waals surface area contributed by atoms with Crippen LogP contribution < -0.4 is 10.2 Å². The fourth-order valence-corrected chi connectivity index (χ4v) is 4.98. The number of piperidine rings is 1. The van der Waals surface area contributed by atoms with E-state index in [-0.39, 0.29) is 17.9 Å². The largest absolute Gasteiger partial charge is 0.377 e. The van der Waals surface area contributed by atoms with Crippen molar-refractivity contribution in [3.63, 3.8) is 0 Å². The molecule has 0 bridgehead atoms. The number of anilines is 1. The first-order valence-corrected chi connectivity index (χ1v) is 11.8. The molecule has 1 unspecified atom stereocenters. The smallest absolute Gasteiger partial charge is 0.220 e. The summed E-state index contributed by atoms with van der Waals surface area (Å²) >= 11 is 0. The molecule has 174 valence electrons. The number of aromatic nitrogens is 5. The van der Waals surface area contributed by atoms with Gasteiger partial charge in [0.25, 0.3) is 0 Å². The number of carbonyl (C=O) groups excluding carboxylic acids is 1. The Labute approximate surface area is 197 Å². The monoisotopic (exact) mass is 457 g/mol. The lowest BCUT2D eigenvalue weighted by molar-refractivity contribution is -0.122. The second kappa shape index (κ2) is 8.57. The molecule has 6 rings (SSSR count). The van der Waals surface area contributed by atoms with Gasteiger partial charge in [0.1, 0.15) is 5.82 Å². The zero-order valence-corrected chi connectivity index (χ0v) is 19.1. The van der Waals surface area contributed by atoms with Gasteiger partial charge in [0.05, 0.1) is 25.5 Å². The highest BCUT2D eigenvalue weighted by Gasteiger charge is 2.24. The van der Waals surface area contributed by atoms with Crippen molar-refractivity contribution in [1.82, 2.24) is 30.3 Å². The number of fused-ring (bicyclic) bond motifs is 1. The highest BCUT2D eigenvalue weighted by molar-refractivity contribution is 5.95. The molecule has 2 fully saturated rings. The van der Waals surface area contributed by atoms with Gasteiger partial charge in [-0.25, -0.2) is 4.98 Å². The van der Waals surface area contributed by atoms with Crippen LogP contribution in [0.15, 0.2) is 48.8 Å². The average molecular weight is 458 g/mol. The van der Waals surface area contributed by atoms with Crippen molar-refractivity contribution >= 4 is 22.8 Å². The molecule has 2 saturated heterocycles. The third kappa shape index (κ3) is 3.71. The molecule has 0 spiro atoms. The predicted molar refractivity (Wildman–Crippen MR) is 129 cm³/mol. The van der Waals surface area contributed by atoms with Gasteiger partial charge >= 0.3 is 0 Å². The summed E-state index contributed by atoms with van der Waals surface area (Å²) in [7, 11) is 0. The van der Waals surface area contributed by atoms with Gasteiger partial charge in [-0.15, -0.1) is 0 Å². The molecule has 9 heteroatoms. The molecule has 2 aliphatic heterocycles. The second-order valence-electron chi connectivity index (χ2n) is 9.03. The number of nitrogens with zero attached hydrogens (tertiary/aromatic N) is 5. The topological polar surface area (TPSA) is 101 Å². The number of aromatic amines is 1. The molecule has 0 radical (unpaired) electrons. The van der Waals surface area contributed by atoms with Crippen LogP contribution in [0.5, 0.6) is 0 Å². The van der Waals surface area contributed by atoms with Gasteiger partial charge in [-0.2, -0.15) is 14.9 Å². The van der Waals surface area contributed by atoms with Crippen LogP contribution in [0.4, 0.5) is 5.82 Å². The number of benzene rings is 1. The molecule has 0 aliphatic carbocycles. The van der Waals surface area contributed by atoms with Crippen molar-refractivity contribution in [3.8, 4) is 16.9 Å². The number of amides is 1. The van der Waals surface area contributed by atoms with Crippen LogP contribution in [0.1, 0.15) is 31.2 Å². The number of H-pyrrole nitrogens is 1. The first kappa shape index (κ1) is 20.9. The maximum absolute atomic E-state index is 11.8. The van der Waals surface area contributed by atoms with Crippen molar-refractivity contribution in [1.29, 1.82) is 0 Å². The summed E-state index contributed by atoms with van der Waals surface area (Å²) in [4.78, 5) is 19.2. The lowest BCUT2D eigenvalue weighted by Crippen LogP contribution is -2.44. The van der Waals surface area contributed by atoms with Crippen molar-refractivity contribution in [2.45, 2.75) is 31.7 Å². The second-order valence-corrected chi connectivity index (χ2v) is 9.03. The Kier molecular flexibility index (Phi) is 5.26. The van der Waals surface area contributed by atoms with Crippen LogP contribution in [0.3, 0.4) is 0 Å². The van der Waals surface area contributed by atoms with Crippen LogP contribution in [0, 0.1) is 0 Å². The van der Waals surface area contributed by atoms with Crippen LogP contribution >= 0.6 is 0 Å². The molecule has 2 N–H and O–H groups in total. The summed E-state index contributed by atoms with van der Waals surface area (Å²) < 4.78 is 7.43. The summed E-state index contributed by atoms with van der Waals surface area (Å²) in [5.74, 6) is 2.01. The maximum atomic E-state index is 11.8. The molecule has 3 aromatic heterocycles. The molecule has 9 nitrogen and oxygen atoms in total. The van der Waals surface area contributed by atoms with Gasteiger partial charge in [-0.3, -0.25) is 9.89 Å². The maximum Gasteiger partial charge on any atom is 0.220 e. The Bertz CT molecular complexity index is 1310. The number of pyridine rings is 1. The Balaban J connectivity index is 1.45. The fraction of sp³-hybridized carbons (Fsp3) is 0.360. The van der Waals surface area contributed by atoms with E-state index in [1.54, 1.807) is 10.9 Å². The SMILES string of the molecule is C[C@@H]1COCCN1c1cc(-c2ccc(C3CCNC(=O)C3)cc2)c2cnn(-c3cc[nH]n3)c2n1. The zero-order valence-electron chi connectivity index (χ0n) is 19.1. The van der Waals surface area contributed by atoms with E-state index in [4.69, 9.17) is 9.72 Å². The molecular formula is C25H27N7O2. The highest BCUT2D eigenvalue weighted by atomic mass is 16.5. The highest BCUT2D eigenvalue weighted by Crippen LogP contribution is 2.35. The van der Waals surface area contributed by atoms with E-state index in [2.05, 4.69) is 62.8 Å². The van der Waals surface area contributed by atoms with E-state index in [1.165, 1.54) is 5.56 Å². The van der Waals surface area contributed by atoms with E-state index < -0.39 is 0 Å². The number of nitrogens with one attached hydrogen (secondary N) is 2. The molecule has 2 aliphatic rings. The average Bonchev–Trinajstić information content (AvgIpc) is 3.54. The molecule has 34 heavy (non-hydrogen) atoms. The number of hydrogen-bond acceptors (Lipinski definition) is 6. The quantitative estimate of drug-likeness (QED) is 0.489. The van der Waals surface area contributed by atoms with Crippen LogP contribution in [-0.2, 0) is 9.53 Å². The minimum atomic E-state index is 0.131. The zero-order chi connectivity index (χ0) is 23.1. The Morgan fingerprint density at radius 2 is 2.03 bits per heavy atom. The molecule has 0 saturated carbocycles. The normalized spacial score (nSPS) is 21.1. The number of hydrogen-bond donors (Lipinski definition) is 2. The summed E-state index contributed by atoms with van der Waals surface area (Å²) in [6, 6.07) is 12.9. The summed E-state index contributed by atoms with van der Waals surface area (Å²) in [5.41, 5.74) is 4.15. The minimum absolute atomic E-state index is 0.131. The van der Waals surface area contributed by atoms with Gasteiger partial charge in [0.2, 0.25) is 5.91 Å². The van der Waals surface area contributed by atoms with Crippen LogP contribution in [0.25, 0.3) is 28.0 Å². The minimum Gasteiger partial charge on any atom is -0.377 e. The van der Waals surface area contributed by atoms with E-state index in [0.717, 1.165) is 47.5 Å². The Hall–Kier alpha value is -3.72. The van der Waals surface area contributed by atoms with Crippen LogP contribution in [0.2, 0.25) is 0 Å². The molecular weight excluding hydrogens is 430 g/mol. The molecule has 5 heterocycles. The third-order valence-electron chi connectivity index (χ3n) is 6.83. The number of ether oxygens (including phenoxy) is 1. The van der Waals surface area contributed by atoms with Gasteiger partial charge in [-0.05, 0) is 42.0 Å². The Morgan fingerprint density at radius 3 is 2.79 bits per heavy atom. The van der Waals surface area contributed by atoms with E-state index in [9.17, 15) is 4.79 Å². The first-order chi connectivity index (χ1) is 16.7. The van der Waals surface area contributed by atoms with E-state index in [1.807, 2.05) is 12.3 Å². The van der Waals surface area contributed by atoms with Gasteiger partial charge in [0, 0.05) is 37.2 Å². The summed E-state index contributed by atoms with van der Waals surface area (Å²) in [6.07, 6.45) is 5.16. The fourth-order valence-electron chi connectivity index (χ4n) is 4.98. The first-order valence-electron chi connectivity index (χ1n) is 11.8. The van der Waals surface area contributed by atoms with Crippen molar-refractivity contribution in [3.05, 3.63) is 54.4 Å². The van der Waals surface area contributed by atoms with Crippen LogP contribution in [-0.4, -0.2) is 63.2 Å². The summed E-state index contributed by atoms with van der Waals surface area (Å²) in [6.45, 7) is 5.05. The number of rotatable bonds is 4. The molecule has 1 amide bonds. The Morgan fingerprint density at radius 1 is 1.15 bits per heavy atom. The van der Waals surface area contributed by atoms with Gasteiger partial charge in [0.15, 0.2) is 11.5 Å². The molecule has 4 aromatic rings.